The highest BCUT2D eigenvalue weighted by atomic mass is 16.6. The smallest absolute Gasteiger partial charge is 0.336 e. The molecule has 0 spiro atoms. The van der Waals surface area contributed by atoms with E-state index in [-0.39, 0.29) is 60.8 Å². The van der Waals surface area contributed by atoms with Crippen LogP contribution < -0.4 is 15.8 Å². The summed E-state index contributed by atoms with van der Waals surface area (Å²) in [6.07, 6.45) is 5.61. The molecule has 0 radical (unpaired) electrons. The van der Waals surface area contributed by atoms with Crippen molar-refractivity contribution in [2.45, 2.75) is 112 Å². The van der Waals surface area contributed by atoms with Crippen molar-refractivity contribution >= 4 is 29.7 Å². The molecular weight excluding hydrogens is 841 g/mol. The molecule has 0 aromatic heterocycles. The Bertz CT molecular complexity index is 2140. The van der Waals surface area contributed by atoms with Crippen molar-refractivity contribution in [2.24, 2.45) is 11.7 Å². The number of carbonyl (C=O) groups excluding carboxylic acids is 2. The lowest BCUT2D eigenvalue weighted by molar-refractivity contribution is -0.281. The number of carbonyl (C=O) groups is 3. The number of nitrogens with one attached hydrogen (secondary N) is 1. The van der Waals surface area contributed by atoms with Crippen LogP contribution in [0.1, 0.15) is 80.0 Å². The van der Waals surface area contributed by atoms with E-state index in [2.05, 4.69) is 5.32 Å². The molecule has 16 nitrogen and oxygen atoms in total. The fourth-order valence-corrected chi connectivity index (χ4v) is 9.29. The van der Waals surface area contributed by atoms with Gasteiger partial charge in [-0.1, -0.05) is 67.8 Å². The van der Waals surface area contributed by atoms with E-state index in [9.17, 15) is 50.1 Å². The molecule has 0 unspecified atom stereocenters. The Morgan fingerprint density at radius 3 is 2.38 bits per heavy atom. The maximum atomic E-state index is 14.6. The van der Waals surface area contributed by atoms with Crippen molar-refractivity contribution in [1.82, 2.24) is 5.32 Å². The van der Waals surface area contributed by atoms with Crippen LogP contribution in [-0.2, 0) is 41.6 Å². The lowest BCUT2D eigenvalue weighted by Crippen LogP contribution is -2.74. The van der Waals surface area contributed by atoms with Gasteiger partial charge in [-0.25, -0.2) is 4.79 Å². The minimum Gasteiger partial charge on any atom is -0.504 e. The van der Waals surface area contributed by atoms with E-state index in [1.165, 1.54) is 48.6 Å². The first-order valence-electron chi connectivity index (χ1n) is 22.3. The standard InChI is InChI=1S/C49H62N2O14/c50-19-20-62-43-18-14-32(21-41(43)58)13-16-37(54)29-64-48(47(60)61)25-42(59)46-49(30-48,45(27-53)51-36-9-5-2-6-10-36)65-44(22-33(28-63-46)12-11-31-7-3-1-4-8-31)38(55)17-15-34-23-39(56)40(57)24-35(34)26-52/h1,3-4,7-8,13-18,21,23-24,33,36,42,44-46,51-53,56-59H,2,5-6,9-12,19-20,22,25-30,50H2,(H,60,61)/b16-13+,17-15+/t33-,42+,44-,45-,46+,48-,49-/m0/s1. The number of aryl methyl sites for hydroxylation is 1. The molecule has 0 amide bonds. The fraction of sp³-hybridized carbons (Fsp3) is 0.490. The summed E-state index contributed by atoms with van der Waals surface area (Å²) in [7, 11) is 0. The molecular formula is C49H62N2O14. The molecule has 7 atom stereocenters. The number of aromatic hydroxyl groups is 3. The van der Waals surface area contributed by atoms with Gasteiger partial charge in [0.15, 0.2) is 40.2 Å². The molecule has 1 aliphatic heterocycles. The highest BCUT2D eigenvalue weighted by Gasteiger charge is 2.64. The topological polar surface area (TPSA) is 268 Å². The number of benzene rings is 3. The molecule has 3 aliphatic rings. The van der Waals surface area contributed by atoms with Crippen LogP contribution in [0.3, 0.4) is 0 Å². The van der Waals surface area contributed by atoms with Crippen LogP contribution in [0, 0.1) is 5.92 Å². The number of ether oxygens (including phenoxy) is 4. The van der Waals surface area contributed by atoms with Crippen LogP contribution in [-0.4, -0.2) is 128 Å². The van der Waals surface area contributed by atoms with Gasteiger partial charge in [-0.3, -0.25) is 9.59 Å². The van der Waals surface area contributed by atoms with Gasteiger partial charge < -0.3 is 65.7 Å². The summed E-state index contributed by atoms with van der Waals surface area (Å²) in [5.74, 6) is -3.86. The summed E-state index contributed by atoms with van der Waals surface area (Å²) < 4.78 is 25.1. The van der Waals surface area contributed by atoms with E-state index < -0.39 is 97.3 Å². The Labute approximate surface area is 378 Å². The Balaban J connectivity index is 1.36. The number of nitrogens with two attached hydrogens (primary N) is 1. The van der Waals surface area contributed by atoms with Crippen molar-refractivity contribution < 1.29 is 69.1 Å². The second kappa shape index (κ2) is 22.8. The van der Waals surface area contributed by atoms with Gasteiger partial charge in [-0.15, -0.1) is 0 Å². The SMILES string of the molecule is NCCOc1ccc(/C=C/C(=O)CO[C@@]2(C(=O)O)C[C@@H](O)[C@H]3OC[C@@H](CCc4ccccc4)C[C@@H](C(=O)/C=C/c4cc(O)c(O)cc4CO)O[C@]3([C@H](CO)NC3CCCCC3)C2)cc1O. The molecule has 10 N–H and O–H groups in total. The molecule has 2 aliphatic carbocycles. The number of aliphatic hydroxyl groups excluding tert-OH is 3. The Kier molecular flexibility index (Phi) is 17.3. The average Bonchev–Trinajstić information content (AvgIpc) is 3.30. The zero-order chi connectivity index (χ0) is 46.6. The number of hydrogen-bond acceptors (Lipinski definition) is 15. The molecule has 3 fully saturated rings. The van der Waals surface area contributed by atoms with E-state index in [0.717, 1.165) is 37.7 Å². The second-order valence-corrected chi connectivity index (χ2v) is 17.3. The Morgan fingerprint density at radius 1 is 0.938 bits per heavy atom. The number of aliphatic carboxylic acids is 1. The number of hydrogen-bond donors (Lipinski definition) is 9. The summed E-state index contributed by atoms with van der Waals surface area (Å²) >= 11 is 0. The predicted molar refractivity (Wildman–Crippen MR) is 239 cm³/mol. The molecule has 3 aromatic carbocycles. The van der Waals surface area contributed by atoms with E-state index in [1.807, 2.05) is 30.3 Å². The molecule has 0 bridgehead atoms. The summed E-state index contributed by atoms with van der Waals surface area (Å²) in [6, 6.07) is 15.4. The second-order valence-electron chi connectivity index (χ2n) is 17.3. The monoisotopic (exact) mass is 902 g/mol. The zero-order valence-electron chi connectivity index (χ0n) is 36.4. The molecule has 2 saturated carbocycles. The molecule has 16 heteroatoms. The van der Waals surface area contributed by atoms with Gasteiger partial charge in [-0.05, 0) is 96.7 Å². The van der Waals surface area contributed by atoms with E-state index in [0.29, 0.717) is 18.4 Å². The minimum atomic E-state index is -2.28. The average molecular weight is 903 g/mol. The van der Waals surface area contributed by atoms with Crippen LogP contribution >= 0.6 is 0 Å². The third-order valence-electron chi connectivity index (χ3n) is 12.7. The largest absolute Gasteiger partial charge is 0.504 e. The maximum Gasteiger partial charge on any atom is 0.336 e. The number of phenols is 3. The molecule has 1 heterocycles. The van der Waals surface area contributed by atoms with Crippen molar-refractivity contribution in [3.05, 3.63) is 95.1 Å². The van der Waals surface area contributed by atoms with Gasteiger partial charge in [0.05, 0.1) is 32.0 Å². The molecule has 6 rings (SSSR count). The zero-order valence-corrected chi connectivity index (χ0v) is 36.4. The number of fused-ring (bicyclic) bond motifs is 1. The maximum absolute atomic E-state index is 14.6. The third kappa shape index (κ3) is 12.4. The van der Waals surface area contributed by atoms with Crippen molar-refractivity contribution in [3.8, 4) is 23.0 Å². The molecule has 352 valence electrons. The van der Waals surface area contributed by atoms with E-state index >= 15 is 0 Å². The summed E-state index contributed by atoms with van der Waals surface area (Å²) in [4.78, 5) is 41.5. The molecule has 3 aromatic rings. The van der Waals surface area contributed by atoms with Crippen molar-refractivity contribution in [1.29, 1.82) is 0 Å². The van der Waals surface area contributed by atoms with Gasteiger partial charge in [0, 0.05) is 25.4 Å². The van der Waals surface area contributed by atoms with Gasteiger partial charge in [0.1, 0.15) is 31.0 Å². The van der Waals surface area contributed by atoms with Crippen molar-refractivity contribution in [3.63, 3.8) is 0 Å². The van der Waals surface area contributed by atoms with Crippen LogP contribution in [0.15, 0.2) is 72.8 Å². The van der Waals surface area contributed by atoms with Crippen LogP contribution in [0.5, 0.6) is 23.0 Å². The lowest BCUT2D eigenvalue weighted by atomic mass is 9.67. The van der Waals surface area contributed by atoms with Gasteiger partial charge in [0.2, 0.25) is 0 Å². The van der Waals surface area contributed by atoms with Crippen LogP contribution in [0.2, 0.25) is 0 Å². The van der Waals surface area contributed by atoms with E-state index in [4.69, 9.17) is 24.7 Å². The first kappa shape index (κ1) is 49.3. The number of ketones is 2. The Morgan fingerprint density at radius 2 is 1.69 bits per heavy atom. The molecule has 1 saturated heterocycles. The predicted octanol–water partition coefficient (Wildman–Crippen LogP) is 3.94. The lowest BCUT2D eigenvalue weighted by Gasteiger charge is -2.56. The highest BCUT2D eigenvalue weighted by Crippen LogP contribution is 2.47. The summed E-state index contributed by atoms with van der Waals surface area (Å²) in [5.41, 5.74) is 3.26. The van der Waals surface area contributed by atoms with E-state index in [1.54, 1.807) is 6.07 Å². The third-order valence-corrected chi connectivity index (χ3v) is 12.7. The number of phenolic OH excluding ortho intramolecular Hbond substituents is 3. The number of rotatable bonds is 20. The number of carboxylic acids is 1. The van der Waals surface area contributed by atoms with Crippen molar-refractivity contribution in [2.75, 3.05) is 33.0 Å². The number of carboxylic acid groups (broad SMARTS) is 1. The Hall–Kier alpha value is -5.17. The molecule has 65 heavy (non-hydrogen) atoms. The van der Waals surface area contributed by atoms with Gasteiger partial charge in [0.25, 0.3) is 0 Å². The van der Waals surface area contributed by atoms with Gasteiger partial charge in [-0.2, -0.15) is 0 Å². The normalized spacial score (nSPS) is 25.7. The van der Waals surface area contributed by atoms with Crippen LogP contribution in [0.4, 0.5) is 0 Å². The minimum absolute atomic E-state index is 0.0507. The first-order chi connectivity index (χ1) is 31.3. The highest BCUT2D eigenvalue weighted by molar-refractivity contribution is 5.97. The summed E-state index contributed by atoms with van der Waals surface area (Å²) in [6.45, 7) is -1.36. The fourth-order valence-electron chi connectivity index (χ4n) is 9.29. The van der Waals surface area contributed by atoms with Gasteiger partial charge >= 0.3 is 5.97 Å². The summed E-state index contributed by atoms with van der Waals surface area (Å²) in [5, 5.41) is 78.6. The first-order valence-corrected chi connectivity index (χ1v) is 22.3. The van der Waals surface area contributed by atoms with Crippen LogP contribution in [0.25, 0.3) is 12.2 Å². The number of aliphatic hydroxyl groups is 3. The quantitative estimate of drug-likeness (QED) is 0.0574.